The van der Waals surface area contributed by atoms with Gasteiger partial charge in [-0.05, 0) is 13.3 Å². The predicted octanol–water partition coefficient (Wildman–Crippen LogP) is -0.381. The van der Waals surface area contributed by atoms with Crippen molar-refractivity contribution < 1.29 is 13.2 Å². The van der Waals surface area contributed by atoms with Gasteiger partial charge in [-0.2, -0.15) is 0 Å². The maximum absolute atomic E-state index is 11.2. The summed E-state index contributed by atoms with van der Waals surface area (Å²) in [6.45, 7) is 3.42. The first-order valence-electron chi connectivity index (χ1n) is 4.31. The quantitative estimate of drug-likeness (QED) is 0.446. The fourth-order valence-corrected chi connectivity index (χ4v) is 2.18. The summed E-state index contributed by atoms with van der Waals surface area (Å²) in [5.41, 5.74) is 5.12. The molecule has 0 aromatic carbocycles. The van der Waals surface area contributed by atoms with Crippen molar-refractivity contribution in [2.45, 2.75) is 13.3 Å². The molecule has 0 bridgehead atoms. The summed E-state index contributed by atoms with van der Waals surface area (Å²) in [7, 11) is -3.34. The third kappa shape index (κ3) is 8.36. The fourth-order valence-electron chi connectivity index (χ4n) is 0.785. The van der Waals surface area contributed by atoms with E-state index >= 15 is 0 Å². The zero-order valence-corrected chi connectivity index (χ0v) is 9.79. The fraction of sp³-hybridized carbons (Fsp3) is 0.857. The van der Waals surface area contributed by atoms with Crippen LogP contribution in [0.3, 0.4) is 0 Å². The summed E-state index contributed by atoms with van der Waals surface area (Å²) in [5.74, 6) is -0.295. The molecule has 84 valence electrons. The van der Waals surface area contributed by atoms with Gasteiger partial charge in [-0.15, -0.1) is 0 Å². The lowest BCUT2D eigenvalue weighted by molar-refractivity contribution is 0.146. The highest BCUT2D eigenvalue weighted by Crippen LogP contribution is 1.86. The molecule has 0 radical (unpaired) electrons. The van der Waals surface area contributed by atoms with E-state index in [1.807, 2.05) is 6.92 Å². The van der Waals surface area contributed by atoms with Crippen molar-refractivity contribution in [1.82, 2.24) is 4.72 Å². The first kappa shape index (κ1) is 13.8. The third-order valence-electron chi connectivity index (χ3n) is 1.32. The molecule has 0 fully saturated rings. The van der Waals surface area contributed by atoms with Crippen molar-refractivity contribution in [3.05, 3.63) is 0 Å². The number of ether oxygens (including phenoxy) is 1. The van der Waals surface area contributed by atoms with Crippen LogP contribution in [0.25, 0.3) is 0 Å². The van der Waals surface area contributed by atoms with Gasteiger partial charge in [0, 0.05) is 19.8 Å². The molecule has 0 heterocycles. The Morgan fingerprint density at radius 1 is 1.57 bits per heavy atom. The Morgan fingerprint density at radius 2 is 2.21 bits per heavy atom. The monoisotopic (exact) mass is 240 g/mol. The molecule has 0 saturated carbocycles. The Labute approximate surface area is 90.1 Å². The molecule has 0 aromatic rings. The molecular formula is C7H16N2O3S2. The molecule has 0 aliphatic heterocycles. The molecule has 0 saturated heterocycles. The number of rotatable bonds is 8. The average Bonchev–Trinajstić information content (AvgIpc) is 2.01. The smallest absolute Gasteiger partial charge is 0.218 e. The van der Waals surface area contributed by atoms with Crippen LogP contribution in [0.15, 0.2) is 0 Å². The zero-order chi connectivity index (χ0) is 11.0. The topological polar surface area (TPSA) is 81.4 Å². The normalized spacial score (nSPS) is 11.5. The Hall–Kier alpha value is -0.240. The Bertz CT molecular complexity index is 264. The van der Waals surface area contributed by atoms with Gasteiger partial charge in [-0.25, -0.2) is 13.1 Å². The maximum Gasteiger partial charge on any atom is 0.218 e. The number of nitrogens with two attached hydrogens (primary N) is 1. The first-order valence-corrected chi connectivity index (χ1v) is 6.37. The van der Waals surface area contributed by atoms with Crippen LogP contribution in [0.5, 0.6) is 0 Å². The van der Waals surface area contributed by atoms with Gasteiger partial charge < -0.3 is 10.5 Å². The van der Waals surface area contributed by atoms with Gasteiger partial charge in [0.1, 0.15) is 5.75 Å². The summed E-state index contributed by atoms with van der Waals surface area (Å²) >= 11 is 4.50. The number of hydrogen-bond acceptors (Lipinski definition) is 4. The summed E-state index contributed by atoms with van der Waals surface area (Å²) in [6, 6.07) is 0. The van der Waals surface area contributed by atoms with Crippen LogP contribution in [0.1, 0.15) is 13.3 Å². The molecule has 0 unspecified atom stereocenters. The molecule has 0 aliphatic rings. The number of nitrogens with one attached hydrogen (secondary N) is 1. The highest BCUT2D eigenvalue weighted by atomic mass is 32.2. The summed E-state index contributed by atoms with van der Waals surface area (Å²) < 4.78 is 29.7. The van der Waals surface area contributed by atoms with Crippen LogP contribution in [0.4, 0.5) is 0 Å². The molecule has 0 spiro atoms. The van der Waals surface area contributed by atoms with Gasteiger partial charge in [0.2, 0.25) is 10.0 Å². The van der Waals surface area contributed by atoms with Crippen LogP contribution in [0.2, 0.25) is 0 Å². The van der Waals surface area contributed by atoms with E-state index in [0.717, 1.165) is 0 Å². The van der Waals surface area contributed by atoms with E-state index in [-0.39, 0.29) is 10.7 Å². The van der Waals surface area contributed by atoms with Crippen LogP contribution < -0.4 is 10.5 Å². The lowest BCUT2D eigenvalue weighted by Gasteiger charge is -2.05. The maximum atomic E-state index is 11.2. The standard InChI is InChI=1S/C7H16N2O3S2/c1-2-12-5-3-4-9-14(10,11)6-7(8)13/h9H,2-6H2,1H3,(H2,8,13). The molecule has 3 N–H and O–H groups in total. The molecule has 7 heteroatoms. The van der Waals surface area contributed by atoms with Crippen molar-refractivity contribution in [3.8, 4) is 0 Å². The van der Waals surface area contributed by atoms with Gasteiger partial charge in [0.25, 0.3) is 0 Å². The average molecular weight is 240 g/mol. The minimum atomic E-state index is -3.34. The van der Waals surface area contributed by atoms with Gasteiger partial charge >= 0.3 is 0 Å². The van der Waals surface area contributed by atoms with E-state index in [4.69, 9.17) is 10.5 Å². The molecule has 0 aliphatic carbocycles. The second-order valence-electron chi connectivity index (χ2n) is 2.67. The Balaban J connectivity index is 3.61. The lowest BCUT2D eigenvalue weighted by Crippen LogP contribution is -2.33. The van der Waals surface area contributed by atoms with E-state index in [1.54, 1.807) is 0 Å². The van der Waals surface area contributed by atoms with Gasteiger partial charge in [-0.3, -0.25) is 0 Å². The van der Waals surface area contributed by atoms with Crippen molar-refractivity contribution in [1.29, 1.82) is 0 Å². The van der Waals surface area contributed by atoms with E-state index in [1.165, 1.54) is 0 Å². The third-order valence-corrected chi connectivity index (χ3v) is 2.99. The molecule has 0 amide bonds. The summed E-state index contributed by atoms with van der Waals surface area (Å²) in [4.78, 5) is -0.0256. The molecule has 0 aromatic heterocycles. The Kier molecular flexibility index (Phi) is 6.98. The van der Waals surface area contributed by atoms with Crippen LogP contribution in [0, 0.1) is 0 Å². The molecule has 5 nitrogen and oxygen atoms in total. The van der Waals surface area contributed by atoms with Crippen molar-refractivity contribution in [2.75, 3.05) is 25.5 Å². The van der Waals surface area contributed by atoms with Crippen LogP contribution >= 0.6 is 12.2 Å². The highest BCUT2D eigenvalue weighted by Gasteiger charge is 2.10. The molecule has 0 atom stereocenters. The van der Waals surface area contributed by atoms with E-state index < -0.39 is 10.0 Å². The van der Waals surface area contributed by atoms with Gasteiger partial charge in [0.05, 0.1) is 4.99 Å². The van der Waals surface area contributed by atoms with Crippen molar-refractivity contribution in [3.63, 3.8) is 0 Å². The number of hydrogen-bond donors (Lipinski definition) is 2. The summed E-state index contributed by atoms with van der Waals surface area (Å²) in [5, 5.41) is 0. The largest absolute Gasteiger partial charge is 0.392 e. The minimum absolute atomic E-state index is 0.0256. The van der Waals surface area contributed by atoms with Gasteiger partial charge in [-0.1, -0.05) is 12.2 Å². The lowest BCUT2D eigenvalue weighted by atomic mass is 10.5. The molecular weight excluding hydrogens is 224 g/mol. The minimum Gasteiger partial charge on any atom is -0.392 e. The van der Waals surface area contributed by atoms with Crippen molar-refractivity contribution in [2.24, 2.45) is 5.73 Å². The second kappa shape index (κ2) is 7.10. The second-order valence-corrected chi connectivity index (χ2v) is 5.00. The van der Waals surface area contributed by atoms with Crippen molar-refractivity contribution >= 4 is 27.2 Å². The SMILES string of the molecule is CCOCCCNS(=O)(=O)CC(N)=S. The van der Waals surface area contributed by atoms with E-state index in [2.05, 4.69) is 16.9 Å². The van der Waals surface area contributed by atoms with E-state index in [0.29, 0.717) is 26.2 Å². The first-order chi connectivity index (χ1) is 6.48. The van der Waals surface area contributed by atoms with Crippen LogP contribution in [-0.2, 0) is 14.8 Å². The number of sulfonamides is 1. The van der Waals surface area contributed by atoms with E-state index in [9.17, 15) is 8.42 Å². The van der Waals surface area contributed by atoms with Gasteiger partial charge in [0.15, 0.2) is 0 Å². The highest BCUT2D eigenvalue weighted by molar-refractivity contribution is 7.92. The van der Waals surface area contributed by atoms with Crippen LogP contribution in [-0.4, -0.2) is 38.9 Å². The number of thiocarbonyl (C=S) groups is 1. The zero-order valence-electron chi connectivity index (χ0n) is 8.15. The molecule has 14 heavy (non-hydrogen) atoms. The molecule has 0 rings (SSSR count). The summed E-state index contributed by atoms with van der Waals surface area (Å²) in [6.07, 6.45) is 0.643. The Morgan fingerprint density at radius 3 is 2.71 bits per heavy atom. The predicted molar refractivity (Wildman–Crippen MR) is 59.7 cm³/mol.